The van der Waals surface area contributed by atoms with Gasteiger partial charge in [0.1, 0.15) is 5.75 Å². The second-order valence-corrected chi connectivity index (χ2v) is 8.24. The predicted octanol–water partition coefficient (Wildman–Crippen LogP) is 4.65. The molecule has 2 heterocycles. The predicted molar refractivity (Wildman–Crippen MR) is 118 cm³/mol. The van der Waals surface area contributed by atoms with Gasteiger partial charge in [-0.15, -0.1) is 0 Å². The van der Waals surface area contributed by atoms with Crippen LogP contribution in [0.2, 0.25) is 0 Å². The van der Waals surface area contributed by atoms with Gasteiger partial charge in [0.15, 0.2) is 0 Å². The molecule has 1 aliphatic heterocycles. The fraction of sp³-hybridized carbons (Fsp3) is 0.333. The molecule has 3 aromatic rings. The minimum absolute atomic E-state index is 0.161. The SMILES string of the molecule is COc1ccc(NC(=O)[C@@H]2C[C@@H](c3cccc(C(F)(F)F)c3)N(Cc3cnn(C)c3)C2)cc1. The summed E-state index contributed by atoms with van der Waals surface area (Å²) < 4.78 is 46.7. The summed E-state index contributed by atoms with van der Waals surface area (Å²) in [5.41, 5.74) is 1.44. The second-order valence-electron chi connectivity index (χ2n) is 8.24. The van der Waals surface area contributed by atoms with Gasteiger partial charge in [-0.1, -0.05) is 12.1 Å². The van der Waals surface area contributed by atoms with E-state index in [1.807, 2.05) is 18.1 Å². The topological polar surface area (TPSA) is 59.4 Å². The van der Waals surface area contributed by atoms with Gasteiger partial charge in [0, 0.05) is 43.6 Å². The fourth-order valence-electron chi connectivity index (χ4n) is 4.24. The smallest absolute Gasteiger partial charge is 0.416 e. The van der Waals surface area contributed by atoms with Crippen molar-refractivity contribution in [3.63, 3.8) is 0 Å². The number of amides is 1. The van der Waals surface area contributed by atoms with Crippen LogP contribution >= 0.6 is 0 Å². The summed E-state index contributed by atoms with van der Waals surface area (Å²) in [6, 6.07) is 12.1. The number of hydrogen-bond donors (Lipinski definition) is 1. The molecule has 1 amide bonds. The highest BCUT2D eigenvalue weighted by Crippen LogP contribution is 2.39. The number of aromatic nitrogens is 2. The van der Waals surface area contributed by atoms with E-state index >= 15 is 0 Å². The zero-order valence-corrected chi connectivity index (χ0v) is 18.3. The first-order chi connectivity index (χ1) is 15.7. The normalized spacial score (nSPS) is 18.9. The van der Waals surface area contributed by atoms with E-state index < -0.39 is 11.7 Å². The van der Waals surface area contributed by atoms with Crippen LogP contribution in [0.5, 0.6) is 5.75 Å². The number of nitrogens with one attached hydrogen (secondary N) is 1. The molecule has 1 aromatic heterocycles. The minimum atomic E-state index is -4.42. The molecule has 1 aliphatic rings. The molecule has 9 heteroatoms. The van der Waals surface area contributed by atoms with E-state index in [0.717, 1.165) is 11.6 Å². The first-order valence-corrected chi connectivity index (χ1v) is 10.6. The summed E-state index contributed by atoms with van der Waals surface area (Å²) in [7, 11) is 3.37. The molecule has 33 heavy (non-hydrogen) atoms. The number of likely N-dealkylation sites (tertiary alicyclic amines) is 1. The van der Waals surface area contributed by atoms with Crippen molar-refractivity contribution in [2.45, 2.75) is 25.2 Å². The third kappa shape index (κ3) is 5.36. The highest BCUT2D eigenvalue weighted by Gasteiger charge is 2.38. The van der Waals surface area contributed by atoms with Gasteiger partial charge >= 0.3 is 6.18 Å². The summed E-state index contributed by atoms with van der Waals surface area (Å²) in [5.74, 6) is 0.148. The van der Waals surface area contributed by atoms with Gasteiger partial charge in [0.05, 0.1) is 24.8 Å². The van der Waals surface area contributed by atoms with Crippen LogP contribution in [0.4, 0.5) is 18.9 Å². The van der Waals surface area contributed by atoms with Gasteiger partial charge in [0.25, 0.3) is 0 Å². The Hall–Kier alpha value is -3.33. The van der Waals surface area contributed by atoms with Gasteiger partial charge in [-0.25, -0.2) is 0 Å². The monoisotopic (exact) mass is 458 g/mol. The number of hydrogen-bond acceptors (Lipinski definition) is 4. The summed E-state index contributed by atoms with van der Waals surface area (Å²) in [6.07, 6.45) is -0.403. The molecule has 0 unspecified atom stereocenters. The molecule has 4 rings (SSSR count). The average molecular weight is 458 g/mol. The van der Waals surface area contributed by atoms with E-state index in [0.29, 0.717) is 36.5 Å². The molecule has 2 atom stereocenters. The number of benzene rings is 2. The molecular formula is C24H25F3N4O2. The molecule has 0 radical (unpaired) electrons. The molecule has 2 aromatic carbocycles. The van der Waals surface area contributed by atoms with Gasteiger partial charge < -0.3 is 10.1 Å². The van der Waals surface area contributed by atoms with E-state index in [9.17, 15) is 18.0 Å². The molecule has 1 saturated heterocycles. The minimum Gasteiger partial charge on any atom is -0.497 e. The van der Waals surface area contributed by atoms with Crippen molar-refractivity contribution in [1.29, 1.82) is 0 Å². The Morgan fingerprint density at radius 3 is 2.61 bits per heavy atom. The Labute approximate surface area is 190 Å². The molecule has 1 fully saturated rings. The Kier molecular flexibility index (Phi) is 6.42. The second kappa shape index (κ2) is 9.27. The van der Waals surface area contributed by atoms with Crippen molar-refractivity contribution < 1.29 is 22.7 Å². The lowest BCUT2D eigenvalue weighted by Crippen LogP contribution is -2.27. The number of ether oxygens (including phenoxy) is 1. The molecule has 0 bridgehead atoms. The van der Waals surface area contributed by atoms with Crippen LogP contribution in [0.15, 0.2) is 60.9 Å². The van der Waals surface area contributed by atoms with Gasteiger partial charge in [-0.05, 0) is 48.4 Å². The maximum atomic E-state index is 13.3. The highest BCUT2D eigenvalue weighted by molar-refractivity contribution is 5.93. The molecule has 6 nitrogen and oxygen atoms in total. The van der Waals surface area contributed by atoms with Crippen LogP contribution in [-0.4, -0.2) is 34.2 Å². The third-order valence-corrected chi connectivity index (χ3v) is 5.87. The van der Waals surface area contributed by atoms with Gasteiger partial charge in [-0.2, -0.15) is 18.3 Å². The highest BCUT2D eigenvalue weighted by atomic mass is 19.4. The van der Waals surface area contributed by atoms with Crippen molar-refractivity contribution in [2.24, 2.45) is 13.0 Å². The third-order valence-electron chi connectivity index (χ3n) is 5.87. The van der Waals surface area contributed by atoms with Crippen molar-refractivity contribution in [3.8, 4) is 5.75 Å². The maximum Gasteiger partial charge on any atom is 0.416 e. The Balaban J connectivity index is 1.56. The Morgan fingerprint density at radius 2 is 1.97 bits per heavy atom. The molecule has 0 aliphatic carbocycles. The first kappa shape index (κ1) is 22.8. The zero-order chi connectivity index (χ0) is 23.6. The number of nitrogens with zero attached hydrogens (tertiary/aromatic N) is 3. The number of carbonyl (C=O) groups is 1. The summed E-state index contributed by atoms with van der Waals surface area (Å²) in [6.45, 7) is 0.916. The van der Waals surface area contributed by atoms with Gasteiger partial charge in [0.2, 0.25) is 5.91 Å². The maximum absolute atomic E-state index is 13.3. The number of halogens is 3. The molecule has 1 N–H and O–H groups in total. The lowest BCUT2D eigenvalue weighted by molar-refractivity contribution is -0.137. The lowest BCUT2D eigenvalue weighted by Gasteiger charge is -2.24. The lowest BCUT2D eigenvalue weighted by atomic mass is 9.97. The number of aryl methyl sites for hydroxylation is 1. The average Bonchev–Trinajstić information content (AvgIpc) is 3.40. The Bertz CT molecular complexity index is 1110. The van der Waals surface area contributed by atoms with Crippen molar-refractivity contribution in [2.75, 3.05) is 19.0 Å². The Morgan fingerprint density at radius 1 is 1.21 bits per heavy atom. The van der Waals surface area contributed by atoms with Crippen molar-refractivity contribution >= 4 is 11.6 Å². The van der Waals surface area contributed by atoms with Crippen LogP contribution in [0.25, 0.3) is 0 Å². The number of rotatable bonds is 6. The standard InChI is InChI=1S/C24H25F3N4O2/c1-30-13-16(12-28-30)14-31-15-18(23(32)29-20-6-8-21(33-2)9-7-20)11-22(31)17-4-3-5-19(10-17)24(25,26)27/h3-10,12-13,18,22H,11,14-15H2,1-2H3,(H,29,32)/t18-,22+/m1/s1. The summed E-state index contributed by atoms with van der Waals surface area (Å²) >= 11 is 0. The number of methoxy groups -OCH3 is 1. The van der Waals surface area contributed by atoms with Crippen LogP contribution < -0.4 is 10.1 Å². The molecule has 0 spiro atoms. The summed E-state index contributed by atoms with van der Waals surface area (Å²) in [4.78, 5) is 15.1. The number of alkyl halides is 3. The largest absolute Gasteiger partial charge is 0.497 e. The first-order valence-electron chi connectivity index (χ1n) is 10.6. The van der Waals surface area contributed by atoms with E-state index in [2.05, 4.69) is 10.4 Å². The van der Waals surface area contributed by atoms with Crippen LogP contribution in [0.3, 0.4) is 0 Å². The summed E-state index contributed by atoms with van der Waals surface area (Å²) in [5, 5.41) is 7.09. The molecule has 0 saturated carbocycles. The van der Waals surface area contributed by atoms with E-state index in [4.69, 9.17) is 4.74 Å². The van der Waals surface area contributed by atoms with Crippen LogP contribution in [0, 0.1) is 5.92 Å². The van der Waals surface area contributed by atoms with E-state index in [1.165, 1.54) is 12.1 Å². The van der Waals surface area contributed by atoms with Crippen molar-refractivity contribution in [1.82, 2.24) is 14.7 Å². The molecular weight excluding hydrogens is 433 g/mol. The fourth-order valence-corrected chi connectivity index (χ4v) is 4.24. The van der Waals surface area contributed by atoms with Crippen LogP contribution in [0.1, 0.15) is 29.2 Å². The quantitative estimate of drug-likeness (QED) is 0.584. The van der Waals surface area contributed by atoms with E-state index in [-0.39, 0.29) is 17.9 Å². The van der Waals surface area contributed by atoms with Gasteiger partial charge in [-0.3, -0.25) is 14.4 Å². The number of anilines is 1. The van der Waals surface area contributed by atoms with Crippen molar-refractivity contribution in [3.05, 3.63) is 77.6 Å². The number of carbonyl (C=O) groups excluding carboxylic acids is 1. The molecule has 174 valence electrons. The van der Waals surface area contributed by atoms with Crippen LogP contribution in [-0.2, 0) is 24.6 Å². The zero-order valence-electron chi connectivity index (χ0n) is 18.3. The van der Waals surface area contributed by atoms with E-state index in [1.54, 1.807) is 48.3 Å².